The molecule has 0 saturated heterocycles. The Kier molecular flexibility index (Phi) is 3.13. The van der Waals surface area contributed by atoms with Crippen molar-refractivity contribution in [3.8, 4) is 11.3 Å². The normalized spacial score (nSPS) is 11.2. The van der Waals surface area contributed by atoms with Gasteiger partial charge in [-0.3, -0.25) is 10.1 Å². The van der Waals surface area contributed by atoms with Crippen LogP contribution in [0.3, 0.4) is 0 Å². The van der Waals surface area contributed by atoms with E-state index in [0.29, 0.717) is 5.69 Å². The van der Waals surface area contributed by atoms with Crippen LogP contribution in [0.15, 0.2) is 36.8 Å². The molecule has 21 heavy (non-hydrogen) atoms. The Labute approximate surface area is 121 Å². The molecule has 1 N–H and O–H groups in total. The predicted octanol–water partition coefficient (Wildman–Crippen LogP) is 3.66. The predicted molar refractivity (Wildman–Crippen MR) is 80.1 cm³/mol. The van der Waals surface area contributed by atoms with E-state index in [1.807, 2.05) is 6.07 Å². The molecular formula is C15H14N4O2. The second-order valence-corrected chi connectivity index (χ2v) is 5.15. The van der Waals surface area contributed by atoms with Gasteiger partial charge in [0.05, 0.1) is 10.6 Å². The first-order valence-corrected chi connectivity index (χ1v) is 6.64. The number of aromatic nitrogens is 3. The topological polar surface area (TPSA) is 84.7 Å². The number of rotatable bonds is 3. The molecule has 0 atom stereocenters. The van der Waals surface area contributed by atoms with Crippen molar-refractivity contribution in [1.29, 1.82) is 0 Å². The molecule has 0 amide bonds. The van der Waals surface area contributed by atoms with Gasteiger partial charge in [-0.1, -0.05) is 19.9 Å². The molecule has 0 bridgehead atoms. The maximum atomic E-state index is 11.0. The Bertz CT molecular complexity index is 823. The lowest BCUT2D eigenvalue weighted by atomic mass is 9.93. The van der Waals surface area contributed by atoms with Gasteiger partial charge in [-0.05, 0) is 17.5 Å². The summed E-state index contributed by atoms with van der Waals surface area (Å²) in [5.41, 5.74) is 3.32. The number of non-ortho nitro benzene ring substituents is 1. The zero-order chi connectivity index (χ0) is 15.0. The van der Waals surface area contributed by atoms with E-state index in [9.17, 15) is 10.1 Å². The molecule has 1 aromatic carbocycles. The molecule has 0 aliphatic carbocycles. The molecule has 3 rings (SSSR count). The van der Waals surface area contributed by atoms with Gasteiger partial charge in [-0.25, -0.2) is 9.97 Å². The van der Waals surface area contributed by atoms with E-state index in [1.165, 1.54) is 12.4 Å². The van der Waals surface area contributed by atoms with E-state index in [4.69, 9.17) is 0 Å². The molecule has 0 spiro atoms. The Hall–Kier alpha value is -2.76. The van der Waals surface area contributed by atoms with Crippen LogP contribution in [0, 0.1) is 10.1 Å². The van der Waals surface area contributed by atoms with Crippen molar-refractivity contribution in [2.75, 3.05) is 0 Å². The highest BCUT2D eigenvalue weighted by molar-refractivity contribution is 5.91. The fourth-order valence-electron chi connectivity index (χ4n) is 2.45. The smallest absolute Gasteiger partial charge is 0.270 e. The molecule has 6 nitrogen and oxygen atoms in total. The molecule has 2 aromatic heterocycles. The molecule has 0 fully saturated rings. The van der Waals surface area contributed by atoms with Crippen LogP contribution in [0.5, 0.6) is 0 Å². The molecule has 106 valence electrons. The molecule has 0 saturated carbocycles. The third-order valence-electron chi connectivity index (χ3n) is 3.48. The number of fused-ring (bicyclic) bond motifs is 1. The number of nitro groups is 1. The van der Waals surface area contributed by atoms with Crippen molar-refractivity contribution in [3.63, 3.8) is 0 Å². The van der Waals surface area contributed by atoms with Gasteiger partial charge in [0, 0.05) is 29.3 Å². The summed E-state index contributed by atoms with van der Waals surface area (Å²) in [6, 6.07) is 6.81. The lowest BCUT2D eigenvalue weighted by molar-refractivity contribution is -0.384. The average molecular weight is 282 g/mol. The Morgan fingerprint density at radius 1 is 1.24 bits per heavy atom. The Morgan fingerprint density at radius 3 is 2.76 bits per heavy atom. The van der Waals surface area contributed by atoms with Gasteiger partial charge in [0.25, 0.3) is 5.69 Å². The fourth-order valence-corrected chi connectivity index (χ4v) is 2.45. The maximum absolute atomic E-state index is 11.0. The number of nitro benzene ring substituents is 1. The first-order valence-electron chi connectivity index (χ1n) is 6.64. The van der Waals surface area contributed by atoms with Gasteiger partial charge in [-0.2, -0.15) is 0 Å². The van der Waals surface area contributed by atoms with Gasteiger partial charge in [0.2, 0.25) is 0 Å². The SMILES string of the molecule is CC(C)c1ccc([N+](=O)[O-])cc1-c1ncnc2[nH]ccc12. The summed E-state index contributed by atoms with van der Waals surface area (Å²) < 4.78 is 0. The van der Waals surface area contributed by atoms with Gasteiger partial charge in [-0.15, -0.1) is 0 Å². The molecule has 2 heterocycles. The first-order chi connectivity index (χ1) is 10.1. The Morgan fingerprint density at radius 2 is 2.05 bits per heavy atom. The van der Waals surface area contributed by atoms with E-state index in [2.05, 4.69) is 28.8 Å². The lowest BCUT2D eigenvalue weighted by Gasteiger charge is -2.12. The standard InChI is InChI=1S/C15H14N4O2/c1-9(2)11-4-3-10(19(20)21)7-13(11)14-12-5-6-16-15(12)18-8-17-14/h3-9H,1-2H3,(H,16,17,18). The monoisotopic (exact) mass is 282 g/mol. The van der Waals surface area contributed by atoms with Gasteiger partial charge in [0.15, 0.2) is 0 Å². The van der Waals surface area contributed by atoms with Crippen LogP contribution in [-0.4, -0.2) is 19.9 Å². The zero-order valence-electron chi connectivity index (χ0n) is 11.7. The third-order valence-corrected chi connectivity index (χ3v) is 3.48. The quantitative estimate of drug-likeness (QED) is 0.587. The molecule has 3 aromatic rings. The van der Waals surface area contributed by atoms with E-state index in [-0.39, 0.29) is 16.5 Å². The second-order valence-electron chi connectivity index (χ2n) is 5.15. The molecule has 0 aliphatic heterocycles. The first kappa shape index (κ1) is 13.2. The maximum Gasteiger partial charge on any atom is 0.270 e. The van der Waals surface area contributed by atoms with Crippen molar-refractivity contribution in [2.24, 2.45) is 0 Å². The summed E-state index contributed by atoms with van der Waals surface area (Å²) in [5, 5.41) is 11.9. The van der Waals surface area contributed by atoms with Crippen LogP contribution in [0.1, 0.15) is 25.3 Å². The van der Waals surface area contributed by atoms with Crippen molar-refractivity contribution >= 4 is 16.7 Å². The largest absolute Gasteiger partial charge is 0.346 e. The zero-order valence-corrected chi connectivity index (χ0v) is 11.7. The number of nitrogens with one attached hydrogen (secondary N) is 1. The summed E-state index contributed by atoms with van der Waals surface area (Å²) >= 11 is 0. The number of hydrogen-bond acceptors (Lipinski definition) is 4. The molecule has 6 heteroatoms. The minimum Gasteiger partial charge on any atom is -0.346 e. The average Bonchev–Trinajstić information content (AvgIpc) is 2.94. The highest BCUT2D eigenvalue weighted by atomic mass is 16.6. The number of aromatic amines is 1. The number of nitrogens with zero attached hydrogens (tertiary/aromatic N) is 3. The Balaban J connectivity index is 2.31. The third kappa shape index (κ3) is 2.24. The minimum atomic E-state index is -0.386. The molecule has 0 unspecified atom stereocenters. The summed E-state index contributed by atoms with van der Waals surface area (Å²) in [5.74, 6) is 0.241. The van der Waals surface area contributed by atoms with Crippen molar-refractivity contribution in [1.82, 2.24) is 15.0 Å². The number of hydrogen-bond donors (Lipinski definition) is 1. The summed E-state index contributed by atoms with van der Waals surface area (Å²) in [7, 11) is 0. The lowest BCUT2D eigenvalue weighted by Crippen LogP contribution is -1.97. The number of benzene rings is 1. The van der Waals surface area contributed by atoms with Gasteiger partial charge < -0.3 is 4.98 Å². The molecule has 0 radical (unpaired) electrons. The van der Waals surface area contributed by atoms with Crippen LogP contribution in [-0.2, 0) is 0 Å². The highest BCUT2D eigenvalue weighted by Crippen LogP contribution is 2.34. The minimum absolute atomic E-state index is 0.0664. The van der Waals surface area contributed by atoms with Gasteiger partial charge in [0.1, 0.15) is 12.0 Å². The van der Waals surface area contributed by atoms with Crippen LogP contribution >= 0.6 is 0 Å². The van der Waals surface area contributed by atoms with Crippen LogP contribution < -0.4 is 0 Å². The summed E-state index contributed by atoms with van der Waals surface area (Å²) in [6.07, 6.45) is 3.26. The second kappa shape index (κ2) is 4.97. The fraction of sp³-hybridized carbons (Fsp3) is 0.200. The molecular weight excluding hydrogens is 268 g/mol. The van der Waals surface area contributed by atoms with Crippen molar-refractivity contribution in [3.05, 3.63) is 52.5 Å². The van der Waals surface area contributed by atoms with E-state index >= 15 is 0 Å². The van der Waals surface area contributed by atoms with E-state index in [1.54, 1.807) is 18.3 Å². The van der Waals surface area contributed by atoms with Crippen molar-refractivity contribution < 1.29 is 4.92 Å². The number of H-pyrrole nitrogens is 1. The highest BCUT2D eigenvalue weighted by Gasteiger charge is 2.17. The van der Waals surface area contributed by atoms with Crippen LogP contribution in [0.2, 0.25) is 0 Å². The van der Waals surface area contributed by atoms with Crippen LogP contribution in [0.25, 0.3) is 22.3 Å². The summed E-state index contributed by atoms with van der Waals surface area (Å²) in [4.78, 5) is 22.2. The van der Waals surface area contributed by atoms with Crippen molar-refractivity contribution in [2.45, 2.75) is 19.8 Å². The van der Waals surface area contributed by atoms with Gasteiger partial charge >= 0.3 is 0 Å². The summed E-state index contributed by atoms with van der Waals surface area (Å²) in [6.45, 7) is 4.11. The van der Waals surface area contributed by atoms with Crippen LogP contribution in [0.4, 0.5) is 5.69 Å². The van der Waals surface area contributed by atoms with E-state index in [0.717, 1.165) is 22.2 Å². The van der Waals surface area contributed by atoms with E-state index < -0.39 is 0 Å². The molecule has 0 aliphatic rings.